The molecule has 0 aromatic heterocycles. The van der Waals surface area contributed by atoms with Crippen molar-refractivity contribution in [2.75, 3.05) is 12.1 Å². The highest BCUT2D eigenvalue weighted by Gasteiger charge is 2.12. The van der Waals surface area contributed by atoms with E-state index >= 15 is 0 Å². The van der Waals surface area contributed by atoms with Crippen LogP contribution in [0.25, 0.3) is 0 Å². The number of hydrazone groups is 1. The Morgan fingerprint density at radius 2 is 1.88 bits per heavy atom. The molecule has 2 N–H and O–H groups in total. The van der Waals surface area contributed by atoms with Crippen LogP contribution in [0.2, 0.25) is 0 Å². The van der Waals surface area contributed by atoms with Gasteiger partial charge in [0.05, 0.1) is 6.21 Å². The summed E-state index contributed by atoms with van der Waals surface area (Å²) >= 11 is 0. The predicted molar refractivity (Wildman–Crippen MR) is 97.6 cm³/mol. The average molecular weight is 353 g/mol. The van der Waals surface area contributed by atoms with E-state index in [1.165, 1.54) is 6.21 Å². The van der Waals surface area contributed by atoms with Crippen molar-refractivity contribution >= 4 is 23.7 Å². The van der Waals surface area contributed by atoms with Gasteiger partial charge in [-0.1, -0.05) is 6.92 Å². The van der Waals surface area contributed by atoms with Crippen molar-refractivity contribution in [3.63, 3.8) is 0 Å². The van der Waals surface area contributed by atoms with Gasteiger partial charge >= 0.3 is 0 Å². The van der Waals surface area contributed by atoms with Crippen molar-refractivity contribution in [3.8, 4) is 11.5 Å². The van der Waals surface area contributed by atoms with E-state index < -0.39 is 0 Å². The summed E-state index contributed by atoms with van der Waals surface area (Å²) in [7, 11) is 0. The Balaban J connectivity index is 1.55. The summed E-state index contributed by atoms with van der Waals surface area (Å²) in [6.45, 7) is 2.15. The number of amides is 2. The Labute approximate surface area is 151 Å². The van der Waals surface area contributed by atoms with Gasteiger partial charge in [-0.15, -0.1) is 0 Å². The van der Waals surface area contributed by atoms with Crippen molar-refractivity contribution in [1.82, 2.24) is 5.43 Å². The minimum Gasteiger partial charge on any atom is -0.454 e. The van der Waals surface area contributed by atoms with E-state index in [0.717, 1.165) is 12.0 Å². The highest BCUT2D eigenvalue weighted by Crippen LogP contribution is 2.31. The van der Waals surface area contributed by atoms with Gasteiger partial charge in [0.15, 0.2) is 11.5 Å². The Hall–Kier alpha value is -3.35. The summed E-state index contributed by atoms with van der Waals surface area (Å²) in [5, 5.41) is 6.72. The SMILES string of the molecule is CCCC(=O)Nc1ccc(C(=O)N/N=C/c2ccc3c(c2)OCO3)cc1. The van der Waals surface area contributed by atoms with Crippen LogP contribution in [0.5, 0.6) is 11.5 Å². The molecule has 0 radical (unpaired) electrons. The molecule has 1 aliphatic heterocycles. The quantitative estimate of drug-likeness (QED) is 0.617. The van der Waals surface area contributed by atoms with Gasteiger partial charge in [0.25, 0.3) is 5.91 Å². The first kappa shape index (κ1) is 17.5. The van der Waals surface area contributed by atoms with Crippen LogP contribution in [0.4, 0.5) is 5.69 Å². The molecule has 7 heteroatoms. The molecule has 2 aromatic carbocycles. The maximum atomic E-state index is 12.1. The third-order valence-electron chi connectivity index (χ3n) is 3.68. The zero-order valence-corrected chi connectivity index (χ0v) is 14.3. The molecular formula is C19H19N3O4. The van der Waals surface area contributed by atoms with Crippen LogP contribution in [0, 0.1) is 0 Å². The van der Waals surface area contributed by atoms with Gasteiger partial charge in [-0.05, 0) is 54.4 Å². The number of rotatable bonds is 6. The number of nitrogens with one attached hydrogen (secondary N) is 2. The van der Waals surface area contributed by atoms with Crippen molar-refractivity contribution in [2.45, 2.75) is 19.8 Å². The molecule has 0 atom stereocenters. The lowest BCUT2D eigenvalue weighted by molar-refractivity contribution is -0.116. The minimum absolute atomic E-state index is 0.0435. The van der Waals surface area contributed by atoms with E-state index in [0.29, 0.717) is 29.2 Å². The topological polar surface area (TPSA) is 89.0 Å². The molecule has 1 aliphatic rings. The molecular weight excluding hydrogens is 334 g/mol. The molecule has 0 spiro atoms. The van der Waals surface area contributed by atoms with E-state index in [1.54, 1.807) is 36.4 Å². The Kier molecular flexibility index (Phi) is 5.48. The fourth-order valence-electron chi connectivity index (χ4n) is 2.38. The highest BCUT2D eigenvalue weighted by molar-refractivity contribution is 5.96. The molecule has 134 valence electrons. The minimum atomic E-state index is -0.339. The first-order valence-corrected chi connectivity index (χ1v) is 8.28. The van der Waals surface area contributed by atoms with E-state index in [4.69, 9.17) is 9.47 Å². The molecule has 26 heavy (non-hydrogen) atoms. The van der Waals surface area contributed by atoms with Gasteiger partial charge in [0, 0.05) is 17.7 Å². The summed E-state index contributed by atoms with van der Waals surface area (Å²) in [6, 6.07) is 12.0. The second-order valence-electron chi connectivity index (χ2n) is 5.69. The monoisotopic (exact) mass is 353 g/mol. The van der Waals surface area contributed by atoms with Gasteiger partial charge in [-0.3, -0.25) is 9.59 Å². The molecule has 0 saturated heterocycles. The van der Waals surface area contributed by atoms with Crippen LogP contribution >= 0.6 is 0 Å². The molecule has 0 fully saturated rings. The summed E-state index contributed by atoms with van der Waals surface area (Å²) in [4.78, 5) is 23.7. The number of hydrogen-bond acceptors (Lipinski definition) is 5. The van der Waals surface area contributed by atoms with Crippen LogP contribution in [0.3, 0.4) is 0 Å². The van der Waals surface area contributed by atoms with Crippen LogP contribution in [-0.4, -0.2) is 24.8 Å². The second-order valence-corrected chi connectivity index (χ2v) is 5.69. The standard InChI is InChI=1S/C19H19N3O4/c1-2-3-18(23)21-15-7-5-14(6-8-15)19(24)22-20-11-13-4-9-16-17(10-13)26-12-25-16/h4-11H,2-3,12H2,1H3,(H,21,23)(H,22,24)/b20-11+. The average Bonchev–Trinajstić information content (AvgIpc) is 3.10. The molecule has 0 bridgehead atoms. The summed E-state index contributed by atoms with van der Waals surface area (Å²) in [5.41, 5.74) is 4.35. The van der Waals surface area contributed by atoms with Crippen LogP contribution in [0.1, 0.15) is 35.7 Å². The molecule has 0 unspecified atom stereocenters. The van der Waals surface area contributed by atoms with Gasteiger partial charge < -0.3 is 14.8 Å². The van der Waals surface area contributed by atoms with E-state index in [2.05, 4.69) is 15.8 Å². The van der Waals surface area contributed by atoms with Gasteiger partial charge in [0.1, 0.15) is 0 Å². The Bertz CT molecular complexity index is 831. The van der Waals surface area contributed by atoms with Crippen molar-refractivity contribution in [1.29, 1.82) is 0 Å². The smallest absolute Gasteiger partial charge is 0.271 e. The number of fused-ring (bicyclic) bond motifs is 1. The van der Waals surface area contributed by atoms with Crippen molar-refractivity contribution in [2.24, 2.45) is 5.10 Å². The number of carbonyl (C=O) groups excluding carboxylic acids is 2. The fourth-order valence-corrected chi connectivity index (χ4v) is 2.38. The second kappa shape index (κ2) is 8.15. The fraction of sp³-hybridized carbons (Fsp3) is 0.211. The van der Waals surface area contributed by atoms with Crippen LogP contribution in [-0.2, 0) is 4.79 Å². The molecule has 3 rings (SSSR count). The zero-order valence-electron chi connectivity index (χ0n) is 14.3. The first-order chi connectivity index (χ1) is 12.7. The number of carbonyl (C=O) groups is 2. The van der Waals surface area contributed by atoms with Crippen molar-refractivity contribution < 1.29 is 19.1 Å². The lowest BCUT2D eigenvalue weighted by Crippen LogP contribution is -2.17. The molecule has 2 amide bonds. The summed E-state index contributed by atoms with van der Waals surface area (Å²) in [5.74, 6) is 0.963. The molecule has 1 heterocycles. The van der Waals surface area contributed by atoms with Crippen LogP contribution in [0.15, 0.2) is 47.6 Å². The zero-order chi connectivity index (χ0) is 18.4. The highest BCUT2D eigenvalue weighted by atomic mass is 16.7. The molecule has 2 aromatic rings. The number of ether oxygens (including phenoxy) is 2. The summed E-state index contributed by atoms with van der Waals surface area (Å²) < 4.78 is 10.5. The largest absolute Gasteiger partial charge is 0.454 e. The van der Waals surface area contributed by atoms with Gasteiger partial charge in [-0.25, -0.2) is 5.43 Å². The van der Waals surface area contributed by atoms with E-state index in [1.807, 2.05) is 13.0 Å². The lowest BCUT2D eigenvalue weighted by Gasteiger charge is -2.05. The number of hydrogen-bond donors (Lipinski definition) is 2. The van der Waals surface area contributed by atoms with Gasteiger partial charge in [0.2, 0.25) is 12.7 Å². The third-order valence-corrected chi connectivity index (χ3v) is 3.68. The predicted octanol–water partition coefficient (Wildman–Crippen LogP) is 2.92. The lowest BCUT2D eigenvalue weighted by atomic mass is 10.2. The number of benzene rings is 2. The first-order valence-electron chi connectivity index (χ1n) is 8.28. The van der Waals surface area contributed by atoms with Crippen molar-refractivity contribution in [3.05, 3.63) is 53.6 Å². The number of nitrogens with zero attached hydrogens (tertiary/aromatic N) is 1. The molecule has 0 aliphatic carbocycles. The van der Waals surface area contributed by atoms with Crippen LogP contribution < -0.4 is 20.2 Å². The number of anilines is 1. The Morgan fingerprint density at radius 3 is 2.65 bits per heavy atom. The maximum absolute atomic E-state index is 12.1. The molecule has 7 nitrogen and oxygen atoms in total. The summed E-state index contributed by atoms with van der Waals surface area (Å²) in [6.07, 6.45) is 2.78. The molecule has 0 saturated carbocycles. The van der Waals surface area contributed by atoms with Gasteiger partial charge in [-0.2, -0.15) is 5.10 Å². The normalized spacial score (nSPS) is 12.2. The van der Waals surface area contributed by atoms with E-state index in [9.17, 15) is 9.59 Å². The third kappa shape index (κ3) is 4.38. The Morgan fingerprint density at radius 1 is 1.12 bits per heavy atom. The van der Waals surface area contributed by atoms with E-state index in [-0.39, 0.29) is 18.6 Å². The maximum Gasteiger partial charge on any atom is 0.271 e.